The van der Waals surface area contributed by atoms with Crippen LogP contribution in [0.5, 0.6) is 0 Å². The van der Waals surface area contributed by atoms with Crippen LogP contribution in [0.25, 0.3) is 0 Å². The van der Waals surface area contributed by atoms with E-state index in [2.05, 4.69) is 22.6 Å². The van der Waals surface area contributed by atoms with Gasteiger partial charge in [-0.1, -0.05) is 22.6 Å². The number of fused-ring (bicyclic) bond motifs is 1. The van der Waals surface area contributed by atoms with Crippen LogP contribution < -0.4 is 0 Å². The highest BCUT2D eigenvalue weighted by Gasteiger charge is 2.45. The predicted molar refractivity (Wildman–Crippen MR) is 58.7 cm³/mol. The Bertz CT molecular complexity index is 289. The van der Waals surface area contributed by atoms with E-state index in [9.17, 15) is 9.00 Å². The van der Waals surface area contributed by atoms with Gasteiger partial charge in [0.25, 0.3) is 0 Å². The van der Waals surface area contributed by atoms with Crippen molar-refractivity contribution < 1.29 is 9.00 Å². The Labute approximate surface area is 91.5 Å². The van der Waals surface area contributed by atoms with Gasteiger partial charge in [-0.25, -0.2) is 4.21 Å². The van der Waals surface area contributed by atoms with E-state index >= 15 is 0 Å². The van der Waals surface area contributed by atoms with Crippen molar-refractivity contribution in [2.45, 2.75) is 15.7 Å². The van der Waals surface area contributed by atoms with E-state index in [-0.39, 0.29) is 15.2 Å². The minimum absolute atomic E-state index is 0.104. The molecule has 3 nitrogen and oxygen atoms in total. The summed E-state index contributed by atoms with van der Waals surface area (Å²) in [7, 11) is 0. The van der Waals surface area contributed by atoms with Crippen molar-refractivity contribution >= 4 is 56.5 Å². The summed E-state index contributed by atoms with van der Waals surface area (Å²) in [5, 5.41) is 0.264. The van der Waals surface area contributed by atoms with Crippen molar-refractivity contribution in [2.24, 2.45) is 0 Å². The molecule has 2 aliphatic rings. The second-order valence-corrected chi connectivity index (χ2v) is 5.94. The Hall–Kier alpha value is 0.440. The van der Waals surface area contributed by atoms with E-state index < -0.39 is 0 Å². The van der Waals surface area contributed by atoms with Gasteiger partial charge in [-0.3, -0.25) is 9.69 Å². The number of nitrogens with zero attached hydrogens (tertiary/aromatic N) is 1. The van der Waals surface area contributed by atoms with Crippen molar-refractivity contribution in [3.05, 3.63) is 0 Å². The molecule has 0 spiro atoms. The number of thioether (sulfide) groups is 1. The van der Waals surface area contributed by atoms with Gasteiger partial charge in [-0.05, 0) is 0 Å². The van der Waals surface area contributed by atoms with Crippen LogP contribution in [0.1, 0.15) is 6.42 Å². The predicted octanol–water partition coefficient (Wildman–Crippen LogP) is 0.438. The van der Waals surface area contributed by atoms with Crippen LogP contribution in [-0.2, 0) is 16.1 Å². The van der Waals surface area contributed by atoms with Gasteiger partial charge in [0.05, 0.1) is 15.7 Å². The molecule has 2 aliphatic heterocycles. The number of hydrogen-bond donors (Lipinski definition) is 0. The Balaban J connectivity index is 2.27. The molecule has 0 N–H and O–H groups in total. The molecule has 2 rings (SSSR count). The highest BCUT2D eigenvalue weighted by atomic mass is 127. The zero-order valence-electron chi connectivity index (χ0n) is 6.03. The first kappa shape index (κ1) is 9.01. The second-order valence-electron chi connectivity index (χ2n) is 2.64. The maximum atomic E-state index is 11.1. The molecule has 2 heterocycles. The lowest BCUT2D eigenvalue weighted by molar-refractivity contribution is -0.135. The van der Waals surface area contributed by atoms with E-state index in [0.717, 1.165) is 5.75 Å². The molecule has 6 heteroatoms. The van der Waals surface area contributed by atoms with Gasteiger partial charge in [0.15, 0.2) is 0 Å². The summed E-state index contributed by atoms with van der Waals surface area (Å²) in [6.45, 7) is 0. The normalized spacial score (nSPS) is 34.2. The first-order valence-corrected chi connectivity index (χ1v) is 6.52. The van der Waals surface area contributed by atoms with Crippen LogP contribution in [0.3, 0.4) is 0 Å². The molecule has 0 aromatic rings. The summed E-state index contributed by atoms with van der Waals surface area (Å²) < 4.78 is 10.9. The van der Waals surface area contributed by atoms with E-state index in [4.69, 9.17) is 0 Å². The summed E-state index contributed by atoms with van der Waals surface area (Å²) >= 11 is 4.46. The fourth-order valence-corrected chi connectivity index (χ4v) is 4.39. The maximum absolute atomic E-state index is 11.1. The molecular formula is C6H6INO2S2. The van der Waals surface area contributed by atoms with Crippen LogP contribution >= 0.6 is 34.4 Å². The molecule has 1 unspecified atom stereocenters. The first-order chi connectivity index (χ1) is 5.74. The number of carbonyl (C=O) groups excluding carboxylic acids is 1. The molecule has 2 saturated heterocycles. The number of hydrogen-bond acceptors (Lipinski definition) is 3. The molecule has 1 amide bonds. The molecule has 12 heavy (non-hydrogen) atoms. The summed E-state index contributed by atoms with van der Waals surface area (Å²) in [6, 6.07) is 0. The zero-order valence-corrected chi connectivity index (χ0v) is 9.82. The highest BCUT2D eigenvalue weighted by molar-refractivity contribution is 14.1. The van der Waals surface area contributed by atoms with Crippen LogP contribution in [0, 0.1) is 0 Å². The minimum Gasteiger partial charge on any atom is -0.290 e. The second kappa shape index (κ2) is 3.30. The number of amides is 1. The van der Waals surface area contributed by atoms with Gasteiger partial charge in [0.2, 0.25) is 5.91 Å². The van der Waals surface area contributed by atoms with Gasteiger partial charge >= 0.3 is 0 Å². The molecule has 0 aliphatic carbocycles. The number of β-lactam (4-membered cyclic amide) rings is 1. The van der Waals surface area contributed by atoms with Gasteiger partial charge < -0.3 is 0 Å². The highest BCUT2D eigenvalue weighted by Crippen LogP contribution is 2.37. The Morgan fingerprint density at radius 1 is 1.67 bits per heavy atom. The van der Waals surface area contributed by atoms with Crippen LogP contribution in [0.4, 0.5) is 0 Å². The number of alkyl halides is 1. The SMILES string of the molecule is O=S=C1C(I)CS[C@@H]2CC(=O)N12. The van der Waals surface area contributed by atoms with Crippen molar-refractivity contribution in [1.82, 2.24) is 4.90 Å². The molecule has 0 bridgehead atoms. The number of halogens is 1. The molecule has 66 valence electrons. The molecule has 0 aromatic carbocycles. The third-order valence-electron chi connectivity index (χ3n) is 1.93. The average Bonchev–Trinajstić information content (AvgIpc) is 2.06. The molecule has 0 radical (unpaired) electrons. The summed E-state index contributed by atoms with van der Waals surface area (Å²) in [6.07, 6.45) is 0.609. The van der Waals surface area contributed by atoms with Gasteiger partial charge in [0.1, 0.15) is 16.2 Å². The Kier molecular flexibility index (Phi) is 2.48. The van der Waals surface area contributed by atoms with Crippen molar-refractivity contribution in [1.29, 1.82) is 0 Å². The van der Waals surface area contributed by atoms with Crippen LogP contribution in [-0.4, -0.2) is 35.1 Å². The molecule has 2 atom stereocenters. The Morgan fingerprint density at radius 3 is 2.92 bits per heavy atom. The lowest BCUT2D eigenvalue weighted by Crippen LogP contribution is -2.59. The quantitative estimate of drug-likeness (QED) is 0.282. The monoisotopic (exact) mass is 315 g/mol. The van der Waals surface area contributed by atoms with Crippen molar-refractivity contribution in [3.63, 3.8) is 0 Å². The van der Waals surface area contributed by atoms with E-state index in [0.29, 0.717) is 22.7 Å². The lowest BCUT2D eigenvalue weighted by atomic mass is 10.2. The van der Waals surface area contributed by atoms with Crippen LogP contribution in [0.15, 0.2) is 0 Å². The third kappa shape index (κ3) is 1.24. The van der Waals surface area contributed by atoms with Crippen molar-refractivity contribution in [2.75, 3.05) is 5.75 Å². The standard InChI is InChI=1S/C6H6INO2S2/c7-3-2-11-5-1-4(9)8(5)6(3)12-10/h3,5H,1-2H2/t3?,5-/m1/s1. The maximum Gasteiger partial charge on any atom is 0.231 e. The topological polar surface area (TPSA) is 37.4 Å². The fraction of sp³-hybridized carbons (Fsp3) is 0.667. The third-order valence-corrected chi connectivity index (χ3v) is 5.92. The molecule has 0 aromatic heterocycles. The number of rotatable bonds is 0. The fourth-order valence-electron chi connectivity index (χ4n) is 1.30. The summed E-state index contributed by atoms with van der Waals surface area (Å²) in [4.78, 5) is 13.5. The zero-order chi connectivity index (χ0) is 8.72. The largest absolute Gasteiger partial charge is 0.290 e. The summed E-state index contributed by atoms with van der Waals surface area (Å²) in [5.74, 6) is 1.06. The summed E-state index contributed by atoms with van der Waals surface area (Å²) in [5.41, 5.74) is 0. The van der Waals surface area contributed by atoms with Crippen molar-refractivity contribution in [3.8, 4) is 0 Å². The van der Waals surface area contributed by atoms with Gasteiger partial charge in [0, 0.05) is 5.75 Å². The molecule has 2 fully saturated rings. The molecule has 0 saturated carbocycles. The Morgan fingerprint density at radius 2 is 2.42 bits per heavy atom. The van der Waals surface area contributed by atoms with E-state index in [1.807, 2.05) is 0 Å². The van der Waals surface area contributed by atoms with Crippen LogP contribution in [0.2, 0.25) is 0 Å². The minimum atomic E-state index is 0.104. The van der Waals surface area contributed by atoms with E-state index in [1.165, 1.54) is 0 Å². The first-order valence-electron chi connectivity index (χ1n) is 3.48. The number of carbonyl (C=O) groups is 1. The van der Waals surface area contributed by atoms with Gasteiger partial charge in [-0.15, -0.1) is 11.8 Å². The van der Waals surface area contributed by atoms with E-state index in [1.54, 1.807) is 16.7 Å². The van der Waals surface area contributed by atoms with Gasteiger partial charge in [-0.2, -0.15) is 0 Å². The average molecular weight is 315 g/mol. The lowest BCUT2D eigenvalue weighted by Gasteiger charge is -2.44. The molecular weight excluding hydrogens is 309 g/mol. The smallest absolute Gasteiger partial charge is 0.231 e.